The minimum atomic E-state index is -0.336. The normalized spacial score (nSPS) is 10.6. The van der Waals surface area contributed by atoms with Gasteiger partial charge in [-0.15, -0.1) is 0 Å². The average Bonchev–Trinajstić information content (AvgIpc) is 2.81. The van der Waals surface area contributed by atoms with E-state index in [1.165, 1.54) is 6.26 Å². The van der Waals surface area contributed by atoms with Gasteiger partial charge in [-0.1, -0.05) is 11.6 Å². The quantitative estimate of drug-likeness (QED) is 0.412. The number of benzene rings is 3. The maximum Gasteiger partial charge on any atom is 0.262 e. The van der Waals surface area contributed by atoms with Crippen molar-refractivity contribution in [2.75, 3.05) is 19.0 Å². The fraction of sp³-hybridized carbons (Fsp3) is 0.0833. The molecule has 0 fully saturated rings. The molecule has 1 amide bonds. The van der Waals surface area contributed by atoms with Crippen LogP contribution in [0, 0.1) is 0 Å². The van der Waals surface area contributed by atoms with Crippen LogP contribution in [-0.4, -0.2) is 19.6 Å². The smallest absolute Gasteiger partial charge is 0.262 e. The maximum atomic E-state index is 12.7. The van der Waals surface area contributed by atoms with Crippen molar-refractivity contribution >= 4 is 34.2 Å². The van der Waals surface area contributed by atoms with Gasteiger partial charge >= 0.3 is 0 Å². The lowest BCUT2D eigenvalue weighted by Crippen LogP contribution is -2.20. The van der Waals surface area contributed by atoms with Crippen molar-refractivity contribution in [1.29, 1.82) is 0 Å². The number of nitrogens with one attached hydrogen (secondary N) is 1. The molecule has 1 N–H and O–H groups in total. The summed E-state index contributed by atoms with van der Waals surface area (Å²) in [7, 11) is 1.57. The summed E-state index contributed by atoms with van der Waals surface area (Å²) in [6, 6.07) is 18.3. The lowest BCUT2D eigenvalue weighted by Gasteiger charge is -2.09. The van der Waals surface area contributed by atoms with E-state index in [1.54, 1.807) is 73.8 Å². The number of anilines is 1. The van der Waals surface area contributed by atoms with E-state index in [4.69, 9.17) is 30.2 Å². The number of amides is 1. The Hall–Kier alpha value is -3.97. The molecule has 162 valence electrons. The first-order valence-corrected chi connectivity index (χ1v) is 9.95. The fourth-order valence-electron chi connectivity index (χ4n) is 2.90. The van der Waals surface area contributed by atoms with Gasteiger partial charge in [-0.3, -0.25) is 9.59 Å². The van der Waals surface area contributed by atoms with Crippen LogP contribution in [-0.2, 0) is 4.79 Å². The highest BCUT2D eigenvalue weighted by Gasteiger charge is 2.11. The van der Waals surface area contributed by atoms with Gasteiger partial charge in [0.25, 0.3) is 5.91 Å². The number of fused-ring (bicyclic) bond motifs is 1. The number of methoxy groups -OCH3 is 1. The van der Waals surface area contributed by atoms with Crippen molar-refractivity contribution in [1.82, 2.24) is 0 Å². The molecule has 1 aromatic heterocycles. The van der Waals surface area contributed by atoms with E-state index in [2.05, 4.69) is 5.32 Å². The molecule has 3 aromatic carbocycles. The van der Waals surface area contributed by atoms with Crippen molar-refractivity contribution in [3.63, 3.8) is 0 Å². The van der Waals surface area contributed by atoms with Gasteiger partial charge in [0.2, 0.25) is 11.2 Å². The summed E-state index contributed by atoms with van der Waals surface area (Å²) in [5, 5.41) is 3.61. The standard InChI is InChI=1S/C24H18ClNO6/c1-29-17-6-8-18(9-7-17)32-22-13-31-21-12-19(10-11-20(21)24(22)28)30-14-23(27)26-16-4-2-15(25)3-5-16/h2-13H,14H2,1H3,(H,26,27). The first kappa shape index (κ1) is 21.3. The van der Waals surface area contributed by atoms with Crippen molar-refractivity contribution in [3.8, 4) is 23.0 Å². The van der Waals surface area contributed by atoms with E-state index >= 15 is 0 Å². The van der Waals surface area contributed by atoms with Gasteiger partial charge < -0.3 is 23.9 Å². The van der Waals surface area contributed by atoms with Gasteiger partial charge in [0.15, 0.2) is 6.61 Å². The molecule has 0 atom stereocenters. The zero-order valence-corrected chi connectivity index (χ0v) is 17.7. The van der Waals surface area contributed by atoms with Crippen molar-refractivity contribution in [3.05, 3.63) is 88.2 Å². The van der Waals surface area contributed by atoms with E-state index in [9.17, 15) is 9.59 Å². The molecule has 0 aliphatic heterocycles. The summed E-state index contributed by atoms with van der Waals surface area (Å²) in [5.41, 5.74) is 0.596. The molecule has 0 aliphatic carbocycles. The van der Waals surface area contributed by atoms with Gasteiger partial charge in [-0.05, 0) is 60.7 Å². The van der Waals surface area contributed by atoms with Gasteiger partial charge in [0.05, 0.1) is 12.5 Å². The Bertz CT molecular complexity index is 1300. The zero-order valence-electron chi connectivity index (χ0n) is 17.0. The summed E-state index contributed by atoms with van der Waals surface area (Å²) in [6.07, 6.45) is 1.24. The number of carbonyl (C=O) groups is 1. The average molecular weight is 452 g/mol. The topological polar surface area (TPSA) is 87.0 Å². The molecule has 32 heavy (non-hydrogen) atoms. The fourth-order valence-corrected chi connectivity index (χ4v) is 3.03. The number of rotatable bonds is 7. The summed E-state index contributed by atoms with van der Waals surface area (Å²) < 4.78 is 21.8. The highest BCUT2D eigenvalue weighted by atomic mass is 35.5. The second-order valence-electron chi connectivity index (χ2n) is 6.71. The lowest BCUT2D eigenvalue weighted by atomic mass is 10.2. The molecule has 8 heteroatoms. The molecule has 1 heterocycles. The Morgan fingerprint density at radius 2 is 1.66 bits per heavy atom. The summed E-state index contributed by atoms with van der Waals surface area (Å²) in [5.74, 6) is 1.26. The van der Waals surface area contributed by atoms with Crippen LogP contribution in [0.4, 0.5) is 5.69 Å². The lowest BCUT2D eigenvalue weighted by molar-refractivity contribution is -0.118. The van der Waals surface area contributed by atoms with Crippen LogP contribution < -0.4 is 25.0 Å². The van der Waals surface area contributed by atoms with Crippen LogP contribution in [0.15, 0.2) is 82.2 Å². The molecule has 7 nitrogen and oxygen atoms in total. The number of hydrogen-bond donors (Lipinski definition) is 1. The third kappa shape index (κ3) is 5.01. The van der Waals surface area contributed by atoms with Crippen LogP contribution >= 0.6 is 11.6 Å². The van der Waals surface area contributed by atoms with Crippen LogP contribution in [0.1, 0.15) is 0 Å². The molecule has 4 aromatic rings. The van der Waals surface area contributed by atoms with Gasteiger partial charge in [-0.25, -0.2) is 0 Å². The highest BCUT2D eigenvalue weighted by Crippen LogP contribution is 2.25. The molecular weight excluding hydrogens is 434 g/mol. The van der Waals surface area contributed by atoms with Gasteiger partial charge in [0, 0.05) is 16.8 Å². The minimum absolute atomic E-state index is 0.0543. The Labute approximate surface area is 188 Å². The third-order valence-electron chi connectivity index (χ3n) is 4.50. The Morgan fingerprint density at radius 1 is 0.969 bits per heavy atom. The predicted octanol–water partition coefficient (Wildman–Crippen LogP) is 5.26. The summed E-state index contributed by atoms with van der Waals surface area (Å²) in [6.45, 7) is -0.211. The third-order valence-corrected chi connectivity index (χ3v) is 4.75. The van der Waals surface area contributed by atoms with Crippen LogP contribution in [0.25, 0.3) is 11.0 Å². The number of hydrogen-bond acceptors (Lipinski definition) is 6. The van der Waals surface area contributed by atoms with E-state index in [1.807, 2.05) is 0 Å². The SMILES string of the molecule is COc1ccc(Oc2coc3cc(OCC(=O)Nc4ccc(Cl)cc4)ccc3c2=O)cc1. The van der Waals surface area contributed by atoms with Gasteiger partial charge in [-0.2, -0.15) is 0 Å². The number of ether oxygens (including phenoxy) is 3. The Balaban J connectivity index is 1.43. The molecule has 4 rings (SSSR count). The molecular formula is C24H18ClNO6. The van der Waals surface area contributed by atoms with E-state index in [0.717, 1.165) is 0 Å². The first-order chi connectivity index (χ1) is 15.5. The molecule has 0 saturated carbocycles. The number of halogens is 1. The van der Waals surface area contributed by atoms with Crippen molar-refractivity contribution in [2.45, 2.75) is 0 Å². The molecule has 0 aliphatic rings. The molecule has 0 unspecified atom stereocenters. The molecule has 0 saturated heterocycles. The molecule has 0 spiro atoms. The molecule has 0 bridgehead atoms. The van der Waals surface area contributed by atoms with Crippen LogP contribution in [0.5, 0.6) is 23.0 Å². The summed E-state index contributed by atoms with van der Waals surface area (Å²) >= 11 is 5.83. The Morgan fingerprint density at radius 3 is 2.38 bits per heavy atom. The zero-order chi connectivity index (χ0) is 22.5. The van der Waals surface area contributed by atoms with Crippen LogP contribution in [0.3, 0.4) is 0 Å². The highest BCUT2D eigenvalue weighted by molar-refractivity contribution is 6.30. The van der Waals surface area contributed by atoms with Gasteiger partial charge in [0.1, 0.15) is 29.1 Å². The largest absolute Gasteiger partial charge is 0.497 e. The maximum absolute atomic E-state index is 12.7. The minimum Gasteiger partial charge on any atom is -0.497 e. The van der Waals surface area contributed by atoms with Crippen molar-refractivity contribution < 1.29 is 23.4 Å². The second-order valence-corrected chi connectivity index (χ2v) is 7.14. The summed E-state index contributed by atoms with van der Waals surface area (Å²) in [4.78, 5) is 24.8. The van der Waals surface area contributed by atoms with Crippen LogP contribution in [0.2, 0.25) is 5.02 Å². The van der Waals surface area contributed by atoms with Crippen molar-refractivity contribution in [2.24, 2.45) is 0 Å². The first-order valence-electron chi connectivity index (χ1n) is 9.57. The van der Waals surface area contributed by atoms with E-state index < -0.39 is 0 Å². The second kappa shape index (κ2) is 9.45. The van der Waals surface area contributed by atoms with E-state index in [-0.39, 0.29) is 23.7 Å². The van der Waals surface area contributed by atoms with E-state index in [0.29, 0.717) is 38.9 Å². The Kier molecular flexibility index (Phi) is 6.28. The monoisotopic (exact) mass is 451 g/mol. The molecule has 0 radical (unpaired) electrons. The predicted molar refractivity (Wildman–Crippen MR) is 121 cm³/mol. The number of carbonyl (C=O) groups excluding carboxylic acids is 1.